The van der Waals surface area contributed by atoms with Crippen molar-refractivity contribution in [3.63, 3.8) is 0 Å². The highest BCUT2D eigenvalue weighted by Crippen LogP contribution is 2.49. The number of carbonyl (C=O) groups excluding carboxylic acids is 4. The Morgan fingerprint density at radius 1 is 1.16 bits per heavy atom. The van der Waals surface area contributed by atoms with Crippen molar-refractivity contribution in [3.05, 3.63) is 36.0 Å². The lowest BCUT2D eigenvalue weighted by molar-refractivity contribution is -0.202. The molecule has 7 unspecified atom stereocenters. The number of rotatable bonds is 10. The van der Waals surface area contributed by atoms with Gasteiger partial charge < -0.3 is 34.6 Å². The van der Waals surface area contributed by atoms with Crippen LogP contribution in [0.3, 0.4) is 0 Å². The van der Waals surface area contributed by atoms with Gasteiger partial charge >= 0.3 is 5.97 Å². The molecule has 3 N–H and O–H groups in total. The Hall–Kier alpha value is -2.90. The summed E-state index contributed by atoms with van der Waals surface area (Å²) in [7, 11) is 0. The SMILES string of the molecule is CC(/C=C/[C@H]1O[C@H](CC(=O)ON2C(=O)CCC2=O)CC2(OC2C)[C@@H]1O)=C\CC1OC(C)C(NC(=O)/C=C\C(C)O)CC1C. The van der Waals surface area contributed by atoms with Gasteiger partial charge in [0.05, 0.1) is 43.0 Å². The lowest BCUT2D eigenvalue weighted by Gasteiger charge is -2.39. The van der Waals surface area contributed by atoms with Crippen LogP contribution in [-0.2, 0) is 38.2 Å². The van der Waals surface area contributed by atoms with Crippen molar-refractivity contribution in [2.45, 2.75) is 128 Å². The topological polar surface area (TPSA) is 164 Å². The number of nitrogens with zero attached hydrogens (tertiary/aromatic N) is 1. The number of hydrogen-bond acceptors (Lipinski definition) is 10. The van der Waals surface area contributed by atoms with Gasteiger partial charge in [-0.15, -0.1) is 5.06 Å². The second-order valence-corrected chi connectivity index (χ2v) is 12.2. The molecule has 43 heavy (non-hydrogen) atoms. The number of hydrogen-bond donors (Lipinski definition) is 3. The Labute approximate surface area is 252 Å². The summed E-state index contributed by atoms with van der Waals surface area (Å²) in [4.78, 5) is 53.3. The van der Waals surface area contributed by atoms with Gasteiger partial charge in [-0.3, -0.25) is 14.4 Å². The zero-order valence-corrected chi connectivity index (χ0v) is 25.4. The number of amides is 3. The van der Waals surface area contributed by atoms with Crippen LogP contribution in [0, 0.1) is 5.92 Å². The largest absolute Gasteiger partial charge is 0.389 e. The highest BCUT2D eigenvalue weighted by molar-refractivity contribution is 6.01. The molecule has 0 aromatic rings. The molecule has 0 aromatic carbocycles. The fraction of sp³-hybridized carbons (Fsp3) is 0.677. The number of ether oxygens (including phenoxy) is 3. The quantitative estimate of drug-likeness (QED) is 0.145. The summed E-state index contributed by atoms with van der Waals surface area (Å²) in [6.07, 6.45) is 6.50. The van der Waals surface area contributed by atoms with Crippen molar-refractivity contribution in [3.8, 4) is 0 Å². The molecule has 1 spiro atoms. The van der Waals surface area contributed by atoms with Gasteiger partial charge in [0.25, 0.3) is 11.8 Å². The van der Waals surface area contributed by atoms with Crippen LogP contribution in [0.25, 0.3) is 0 Å². The minimum atomic E-state index is -0.939. The van der Waals surface area contributed by atoms with E-state index in [1.807, 2.05) is 26.8 Å². The molecule has 3 amide bonds. The Morgan fingerprint density at radius 2 is 1.84 bits per heavy atom. The molecule has 0 saturated carbocycles. The lowest BCUT2D eigenvalue weighted by Crippen LogP contribution is -2.51. The average Bonchev–Trinajstić information content (AvgIpc) is 3.48. The highest BCUT2D eigenvalue weighted by Gasteiger charge is 2.64. The third kappa shape index (κ3) is 8.18. The maximum atomic E-state index is 12.5. The summed E-state index contributed by atoms with van der Waals surface area (Å²) in [5.41, 5.74) is 0.0960. The Bertz CT molecular complexity index is 1150. The molecule has 10 atom stereocenters. The molecule has 4 aliphatic heterocycles. The van der Waals surface area contributed by atoms with E-state index in [0.29, 0.717) is 11.5 Å². The molecular formula is C31H44N2O10. The molecule has 4 aliphatic rings. The van der Waals surface area contributed by atoms with Crippen molar-refractivity contribution < 1.29 is 48.4 Å². The van der Waals surface area contributed by atoms with Crippen LogP contribution in [0.5, 0.6) is 0 Å². The number of allylic oxidation sites excluding steroid dienone is 2. The van der Waals surface area contributed by atoms with E-state index in [-0.39, 0.29) is 61.9 Å². The van der Waals surface area contributed by atoms with Gasteiger partial charge in [-0.25, -0.2) is 4.79 Å². The van der Waals surface area contributed by atoms with Crippen LogP contribution in [-0.4, -0.2) is 93.3 Å². The van der Waals surface area contributed by atoms with Gasteiger partial charge in [-0.2, -0.15) is 0 Å². The monoisotopic (exact) mass is 604 g/mol. The van der Waals surface area contributed by atoms with E-state index < -0.39 is 47.8 Å². The summed E-state index contributed by atoms with van der Waals surface area (Å²) in [5, 5.41) is 23.8. The third-order valence-corrected chi connectivity index (χ3v) is 8.62. The van der Waals surface area contributed by atoms with E-state index in [9.17, 15) is 29.4 Å². The number of aliphatic hydroxyl groups is 2. The zero-order chi connectivity index (χ0) is 31.5. The first-order chi connectivity index (χ1) is 20.3. The fourth-order valence-electron chi connectivity index (χ4n) is 5.96. The standard InChI is InChI=1S/C31H44N2O10/c1-17(6-9-24-18(2)14-23(20(4)40-24)32-26(35)11-8-19(3)34)7-10-25-30(39)31(21(5)42-31)16-22(41-25)15-29(38)43-33-27(36)12-13-28(33)37/h6-8,10-11,18-25,30,34,39H,9,12-16H2,1-5H3,(H,32,35)/b10-7+,11-8-,17-6+/t18?,19?,20?,21?,22-,23?,24?,25-,30-,31?/m1/s1. The number of epoxide rings is 1. The van der Waals surface area contributed by atoms with Crippen LogP contribution >= 0.6 is 0 Å². The first kappa shape index (κ1) is 33.0. The van der Waals surface area contributed by atoms with Crippen LogP contribution in [0.4, 0.5) is 0 Å². The summed E-state index contributed by atoms with van der Waals surface area (Å²) < 4.78 is 18.1. The zero-order valence-electron chi connectivity index (χ0n) is 25.4. The van der Waals surface area contributed by atoms with Crippen LogP contribution in [0.2, 0.25) is 0 Å². The molecular weight excluding hydrogens is 560 g/mol. The summed E-state index contributed by atoms with van der Waals surface area (Å²) in [6.45, 7) is 9.39. The maximum absolute atomic E-state index is 12.5. The minimum Gasteiger partial charge on any atom is -0.389 e. The maximum Gasteiger partial charge on any atom is 0.335 e. The average molecular weight is 605 g/mol. The number of aliphatic hydroxyl groups excluding tert-OH is 2. The molecule has 12 heteroatoms. The highest BCUT2D eigenvalue weighted by atomic mass is 16.7. The molecule has 4 fully saturated rings. The third-order valence-electron chi connectivity index (χ3n) is 8.62. The van der Waals surface area contributed by atoms with Crippen molar-refractivity contribution in [1.82, 2.24) is 10.4 Å². The van der Waals surface area contributed by atoms with Gasteiger partial charge in [-0.1, -0.05) is 36.8 Å². The van der Waals surface area contributed by atoms with Gasteiger partial charge in [-0.05, 0) is 46.5 Å². The number of hydroxylamine groups is 2. The van der Waals surface area contributed by atoms with Gasteiger partial charge in [0.15, 0.2) is 0 Å². The van der Waals surface area contributed by atoms with Crippen LogP contribution in [0.15, 0.2) is 36.0 Å². The summed E-state index contributed by atoms with van der Waals surface area (Å²) >= 11 is 0. The molecule has 0 aromatic heterocycles. The van der Waals surface area contributed by atoms with Crippen molar-refractivity contribution in [1.29, 1.82) is 0 Å². The predicted octanol–water partition coefficient (Wildman–Crippen LogP) is 1.79. The van der Waals surface area contributed by atoms with Crippen molar-refractivity contribution in [2.75, 3.05) is 0 Å². The van der Waals surface area contributed by atoms with Gasteiger partial charge in [0.1, 0.15) is 17.8 Å². The normalized spacial score (nSPS) is 37.4. The Kier molecular flexibility index (Phi) is 10.6. The van der Waals surface area contributed by atoms with Crippen molar-refractivity contribution >= 4 is 23.7 Å². The van der Waals surface area contributed by atoms with E-state index in [0.717, 1.165) is 12.0 Å². The molecule has 12 nitrogen and oxygen atoms in total. The van der Waals surface area contributed by atoms with E-state index in [4.69, 9.17) is 19.0 Å². The van der Waals surface area contributed by atoms with E-state index >= 15 is 0 Å². The van der Waals surface area contributed by atoms with E-state index in [1.54, 1.807) is 13.0 Å². The smallest absolute Gasteiger partial charge is 0.335 e. The molecule has 4 saturated heterocycles. The van der Waals surface area contributed by atoms with E-state index in [2.05, 4.69) is 18.3 Å². The summed E-state index contributed by atoms with van der Waals surface area (Å²) in [6, 6.07) is -0.131. The predicted molar refractivity (Wildman–Crippen MR) is 153 cm³/mol. The summed E-state index contributed by atoms with van der Waals surface area (Å²) in [5.74, 6) is -1.93. The molecule has 0 bridgehead atoms. The molecule has 4 heterocycles. The Balaban J connectivity index is 1.31. The first-order valence-corrected chi connectivity index (χ1v) is 15.0. The molecule has 0 aliphatic carbocycles. The Morgan fingerprint density at radius 3 is 2.47 bits per heavy atom. The minimum absolute atomic E-state index is 0.0133. The van der Waals surface area contributed by atoms with Crippen molar-refractivity contribution in [2.24, 2.45) is 5.92 Å². The molecule has 4 rings (SSSR count). The fourth-order valence-corrected chi connectivity index (χ4v) is 5.96. The molecule has 0 radical (unpaired) electrons. The van der Waals surface area contributed by atoms with Gasteiger partial charge in [0.2, 0.25) is 5.91 Å². The van der Waals surface area contributed by atoms with Gasteiger partial charge in [0, 0.05) is 25.3 Å². The number of imide groups is 1. The lowest BCUT2D eigenvalue weighted by atomic mass is 9.84. The number of carbonyl (C=O) groups is 4. The first-order valence-electron chi connectivity index (χ1n) is 15.0. The second-order valence-electron chi connectivity index (χ2n) is 12.2. The van der Waals surface area contributed by atoms with Crippen LogP contribution in [0.1, 0.15) is 73.1 Å². The number of nitrogens with one attached hydrogen (secondary N) is 1. The molecule has 238 valence electrons. The second kappa shape index (κ2) is 13.8. The van der Waals surface area contributed by atoms with Crippen LogP contribution < -0.4 is 5.32 Å². The van der Waals surface area contributed by atoms with E-state index in [1.165, 1.54) is 12.2 Å².